The predicted molar refractivity (Wildman–Crippen MR) is 100 cm³/mol. The second-order valence-corrected chi connectivity index (χ2v) is 8.97. The zero-order chi connectivity index (χ0) is 17.2. The normalized spacial score (nSPS) is 24.6. The molecule has 3 aliphatic rings. The van der Waals surface area contributed by atoms with Gasteiger partial charge in [-0.25, -0.2) is 0 Å². The van der Waals surface area contributed by atoms with Crippen LogP contribution in [0.1, 0.15) is 65.1 Å². The van der Waals surface area contributed by atoms with Crippen LogP contribution in [0.25, 0.3) is 0 Å². The summed E-state index contributed by atoms with van der Waals surface area (Å²) in [6.07, 6.45) is 9.21. The number of carbonyl (C=O) groups is 2. The van der Waals surface area contributed by atoms with E-state index in [1.165, 1.54) is 37.2 Å². The zero-order valence-corrected chi connectivity index (χ0v) is 15.8. The fourth-order valence-electron chi connectivity index (χ4n) is 4.57. The number of hydrogen-bond donors (Lipinski definition) is 0. The Morgan fingerprint density at radius 2 is 1.88 bits per heavy atom. The van der Waals surface area contributed by atoms with Crippen LogP contribution in [0.2, 0.25) is 0 Å². The number of carbonyl (C=O) groups excluding carboxylic acids is 2. The lowest BCUT2D eigenvalue weighted by Crippen LogP contribution is -2.49. The highest BCUT2D eigenvalue weighted by atomic mass is 32.1. The van der Waals surface area contributed by atoms with Gasteiger partial charge in [-0.2, -0.15) is 0 Å². The van der Waals surface area contributed by atoms with Crippen LogP contribution < -0.4 is 0 Å². The molecule has 1 atom stereocenters. The molecule has 4 nitrogen and oxygen atoms in total. The number of aryl methyl sites for hydroxylation is 1. The number of likely N-dealkylation sites (tertiary alicyclic amines) is 2. The Balaban J connectivity index is 1.42. The van der Waals surface area contributed by atoms with E-state index in [4.69, 9.17) is 0 Å². The Bertz CT molecular complexity index is 648. The van der Waals surface area contributed by atoms with E-state index in [2.05, 4.69) is 9.80 Å². The summed E-state index contributed by atoms with van der Waals surface area (Å²) in [6.45, 7) is 4.34. The van der Waals surface area contributed by atoms with Gasteiger partial charge in [-0.15, -0.1) is 11.3 Å². The number of fused-ring (bicyclic) bond motifs is 1. The van der Waals surface area contributed by atoms with Crippen LogP contribution in [-0.4, -0.2) is 53.7 Å². The SMILES string of the molecule is O=C1CCCc2sc(CC(=O)N3CCCC[C@H]3CN3CCCC3)cc21. The number of Topliss-reactive ketones (excluding diaryl/α,β-unsaturated/α-hetero) is 1. The van der Waals surface area contributed by atoms with Crippen molar-refractivity contribution in [3.8, 4) is 0 Å². The molecule has 1 aromatic heterocycles. The van der Waals surface area contributed by atoms with Gasteiger partial charge in [-0.3, -0.25) is 9.59 Å². The van der Waals surface area contributed by atoms with Gasteiger partial charge >= 0.3 is 0 Å². The largest absolute Gasteiger partial charge is 0.338 e. The van der Waals surface area contributed by atoms with E-state index in [-0.39, 0.29) is 11.7 Å². The Hall–Kier alpha value is -1.20. The molecule has 0 N–H and O–H groups in total. The van der Waals surface area contributed by atoms with Gasteiger partial charge in [-0.05, 0) is 64.1 Å². The molecule has 0 bridgehead atoms. The topological polar surface area (TPSA) is 40.6 Å². The van der Waals surface area contributed by atoms with Gasteiger partial charge in [0, 0.05) is 40.9 Å². The minimum Gasteiger partial charge on any atom is -0.338 e. The quantitative estimate of drug-likeness (QED) is 0.827. The molecule has 3 heterocycles. The zero-order valence-electron chi connectivity index (χ0n) is 15.0. The summed E-state index contributed by atoms with van der Waals surface area (Å²) >= 11 is 1.69. The molecule has 2 saturated heterocycles. The molecule has 0 unspecified atom stereocenters. The summed E-state index contributed by atoms with van der Waals surface area (Å²) in [7, 11) is 0. The first-order valence-corrected chi connectivity index (χ1v) is 10.7. The van der Waals surface area contributed by atoms with E-state index in [9.17, 15) is 9.59 Å². The monoisotopic (exact) mass is 360 g/mol. The minimum atomic E-state index is 0.259. The molecule has 1 aliphatic carbocycles. The Morgan fingerprint density at radius 3 is 2.68 bits per heavy atom. The number of thiophene rings is 1. The van der Waals surface area contributed by atoms with Crippen molar-refractivity contribution in [1.29, 1.82) is 0 Å². The lowest BCUT2D eigenvalue weighted by Gasteiger charge is -2.38. The molecule has 1 aromatic rings. The maximum absolute atomic E-state index is 13.0. The molecule has 0 aromatic carbocycles. The molecule has 2 aliphatic heterocycles. The predicted octanol–water partition coefficient (Wildman–Crippen LogP) is 3.29. The van der Waals surface area contributed by atoms with E-state index in [0.29, 0.717) is 18.9 Å². The van der Waals surface area contributed by atoms with Crippen LogP contribution in [0, 0.1) is 0 Å². The molecule has 5 heteroatoms. The van der Waals surface area contributed by atoms with E-state index in [1.807, 2.05) is 6.07 Å². The summed E-state index contributed by atoms with van der Waals surface area (Å²) in [6, 6.07) is 2.38. The van der Waals surface area contributed by atoms with Gasteiger partial charge in [0.05, 0.1) is 6.42 Å². The van der Waals surface area contributed by atoms with Gasteiger partial charge in [-0.1, -0.05) is 0 Å². The first kappa shape index (κ1) is 17.2. The summed E-state index contributed by atoms with van der Waals surface area (Å²) in [5.74, 6) is 0.524. The summed E-state index contributed by atoms with van der Waals surface area (Å²) in [5, 5.41) is 0. The maximum atomic E-state index is 13.0. The van der Waals surface area contributed by atoms with Crippen molar-refractivity contribution < 1.29 is 9.59 Å². The van der Waals surface area contributed by atoms with Crippen molar-refractivity contribution in [2.45, 2.75) is 63.8 Å². The highest BCUT2D eigenvalue weighted by Crippen LogP contribution is 2.30. The third-order valence-electron chi connectivity index (χ3n) is 5.91. The van der Waals surface area contributed by atoms with Crippen molar-refractivity contribution in [3.63, 3.8) is 0 Å². The number of piperidine rings is 1. The summed E-state index contributed by atoms with van der Waals surface area (Å²) in [5.41, 5.74) is 0.895. The van der Waals surface area contributed by atoms with Crippen LogP contribution in [0.4, 0.5) is 0 Å². The smallest absolute Gasteiger partial charge is 0.228 e. The Morgan fingerprint density at radius 1 is 1.08 bits per heavy atom. The van der Waals surface area contributed by atoms with Crippen molar-refractivity contribution in [1.82, 2.24) is 9.80 Å². The number of nitrogens with zero attached hydrogens (tertiary/aromatic N) is 2. The average molecular weight is 361 g/mol. The number of ketones is 1. The molecule has 136 valence electrons. The van der Waals surface area contributed by atoms with Crippen molar-refractivity contribution >= 4 is 23.0 Å². The Kier molecular flexibility index (Phi) is 5.23. The second-order valence-electron chi connectivity index (χ2n) is 7.75. The lowest BCUT2D eigenvalue weighted by atomic mass is 9.97. The standard InChI is InChI=1S/C20H28N2O2S/c23-18-7-5-8-19-17(18)12-16(25-19)13-20(24)22-11-2-1-6-15(22)14-21-9-3-4-10-21/h12,15H,1-11,13-14H2/t15-/m0/s1. The van der Waals surface area contributed by atoms with Gasteiger partial charge in [0.15, 0.2) is 5.78 Å². The molecular formula is C20H28N2O2S. The van der Waals surface area contributed by atoms with Crippen LogP contribution in [0.5, 0.6) is 0 Å². The molecule has 0 spiro atoms. The highest BCUT2D eigenvalue weighted by Gasteiger charge is 2.30. The molecule has 2 fully saturated rings. The van der Waals surface area contributed by atoms with Gasteiger partial charge < -0.3 is 9.80 Å². The van der Waals surface area contributed by atoms with Crippen LogP contribution in [-0.2, 0) is 17.6 Å². The first-order valence-electron chi connectivity index (χ1n) is 9.87. The first-order chi connectivity index (χ1) is 12.2. The fourth-order valence-corrected chi connectivity index (χ4v) is 5.79. The Labute approximate surface area is 154 Å². The van der Waals surface area contributed by atoms with Crippen molar-refractivity contribution in [2.75, 3.05) is 26.2 Å². The molecular weight excluding hydrogens is 332 g/mol. The van der Waals surface area contributed by atoms with Crippen LogP contribution in [0.3, 0.4) is 0 Å². The molecule has 0 radical (unpaired) electrons. The average Bonchev–Trinajstić information content (AvgIpc) is 3.25. The van der Waals surface area contributed by atoms with Gasteiger partial charge in [0.2, 0.25) is 5.91 Å². The van der Waals surface area contributed by atoms with Crippen molar-refractivity contribution in [2.24, 2.45) is 0 Å². The highest BCUT2D eigenvalue weighted by molar-refractivity contribution is 7.12. The van der Waals surface area contributed by atoms with E-state index in [1.54, 1.807) is 11.3 Å². The van der Waals surface area contributed by atoms with Gasteiger partial charge in [0.25, 0.3) is 0 Å². The number of amides is 1. The van der Waals surface area contributed by atoms with Crippen molar-refractivity contribution in [3.05, 3.63) is 21.4 Å². The molecule has 25 heavy (non-hydrogen) atoms. The van der Waals surface area contributed by atoms with E-state index in [0.717, 1.165) is 49.2 Å². The third-order valence-corrected chi connectivity index (χ3v) is 7.10. The molecule has 0 saturated carbocycles. The van der Waals surface area contributed by atoms with Crippen LogP contribution >= 0.6 is 11.3 Å². The fraction of sp³-hybridized carbons (Fsp3) is 0.700. The molecule has 1 amide bonds. The van der Waals surface area contributed by atoms with Crippen LogP contribution in [0.15, 0.2) is 6.07 Å². The summed E-state index contributed by atoms with van der Waals surface area (Å²) < 4.78 is 0. The van der Waals surface area contributed by atoms with E-state index < -0.39 is 0 Å². The van der Waals surface area contributed by atoms with Gasteiger partial charge in [0.1, 0.15) is 0 Å². The summed E-state index contributed by atoms with van der Waals surface area (Å²) in [4.78, 5) is 32.0. The number of hydrogen-bond acceptors (Lipinski definition) is 4. The minimum absolute atomic E-state index is 0.259. The molecule has 4 rings (SSSR count). The van der Waals surface area contributed by atoms with E-state index >= 15 is 0 Å². The number of rotatable bonds is 4. The lowest BCUT2D eigenvalue weighted by molar-refractivity contribution is -0.134. The maximum Gasteiger partial charge on any atom is 0.228 e. The third kappa shape index (κ3) is 3.82. The second kappa shape index (κ2) is 7.58.